The number of hydrogen-bond acceptors (Lipinski definition) is 4. The first kappa shape index (κ1) is 17.7. The predicted octanol–water partition coefficient (Wildman–Crippen LogP) is 5.06. The van der Waals surface area contributed by atoms with Crippen molar-refractivity contribution < 1.29 is 4.79 Å². The summed E-state index contributed by atoms with van der Waals surface area (Å²) in [5.74, 6) is -0.221. The lowest BCUT2D eigenvalue weighted by Gasteiger charge is -2.16. The van der Waals surface area contributed by atoms with E-state index in [0.29, 0.717) is 11.3 Å². The van der Waals surface area contributed by atoms with Gasteiger partial charge in [-0.2, -0.15) is 0 Å². The highest BCUT2D eigenvalue weighted by Gasteiger charge is 2.11. The highest BCUT2D eigenvalue weighted by molar-refractivity contribution is 6.08. The zero-order chi connectivity index (χ0) is 19.3. The van der Waals surface area contributed by atoms with Crippen LogP contribution in [0, 0.1) is 0 Å². The monoisotopic (exact) mass is 368 g/mol. The van der Waals surface area contributed by atoms with Crippen molar-refractivity contribution in [3.05, 3.63) is 96.4 Å². The van der Waals surface area contributed by atoms with E-state index < -0.39 is 0 Å². The summed E-state index contributed by atoms with van der Waals surface area (Å²) in [4.78, 5) is 21.4. The Hall–Kier alpha value is -3.73. The number of hydrogen-bond donors (Lipinski definition) is 2. The molecular formula is C23H20N4O. The molecule has 0 bridgehead atoms. The SMILES string of the molecule is CC(Nc1cncc(C(=O)Nc2cccc3cccnc23)c1)c1ccccc1. The second-order valence-corrected chi connectivity index (χ2v) is 6.57. The molecule has 0 spiro atoms. The Balaban J connectivity index is 1.53. The Morgan fingerprint density at radius 2 is 1.79 bits per heavy atom. The molecule has 0 aliphatic carbocycles. The van der Waals surface area contributed by atoms with E-state index in [0.717, 1.165) is 16.6 Å². The average molecular weight is 368 g/mol. The van der Waals surface area contributed by atoms with Crippen molar-refractivity contribution in [1.82, 2.24) is 9.97 Å². The zero-order valence-electron chi connectivity index (χ0n) is 15.5. The second kappa shape index (κ2) is 7.88. The third kappa shape index (κ3) is 3.83. The molecule has 2 aromatic carbocycles. The fourth-order valence-electron chi connectivity index (χ4n) is 3.12. The highest BCUT2D eigenvalue weighted by Crippen LogP contribution is 2.22. The molecule has 5 nitrogen and oxygen atoms in total. The number of pyridine rings is 2. The number of anilines is 2. The molecule has 5 heteroatoms. The van der Waals surface area contributed by atoms with Crippen LogP contribution in [-0.2, 0) is 0 Å². The number of benzene rings is 2. The minimum absolute atomic E-state index is 0.101. The zero-order valence-corrected chi connectivity index (χ0v) is 15.5. The van der Waals surface area contributed by atoms with Crippen LogP contribution in [0.5, 0.6) is 0 Å². The van der Waals surface area contributed by atoms with Crippen LogP contribution in [0.4, 0.5) is 11.4 Å². The molecule has 0 saturated carbocycles. The maximum atomic E-state index is 12.8. The van der Waals surface area contributed by atoms with E-state index in [4.69, 9.17) is 0 Å². The summed E-state index contributed by atoms with van der Waals surface area (Å²) in [5.41, 5.74) is 3.88. The van der Waals surface area contributed by atoms with E-state index in [1.54, 1.807) is 24.7 Å². The molecule has 1 amide bonds. The van der Waals surface area contributed by atoms with Gasteiger partial charge in [-0.05, 0) is 30.7 Å². The molecule has 0 fully saturated rings. The van der Waals surface area contributed by atoms with Crippen LogP contribution >= 0.6 is 0 Å². The van der Waals surface area contributed by atoms with Gasteiger partial charge >= 0.3 is 0 Å². The highest BCUT2D eigenvalue weighted by atomic mass is 16.1. The molecule has 0 aliphatic rings. The van der Waals surface area contributed by atoms with Crippen molar-refractivity contribution in [2.45, 2.75) is 13.0 Å². The second-order valence-electron chi connectivity index (χ2n) is 6.57. The van der Waals surface area contributed by atoms with Gasteiger partial charge in [-0.15, -0.1) is 0 Å². The summed E-state index contributed by atoms with van der Waals surface area (Å²) in [7, 11) is 0. The summed E-state index contributed by atoms with van der Waals surface area (Å²) in [6.07, 6.45) is 5.00. The average Bonchev–Trinajstić information content (AvgIpc) is 2.75. The number of aromatic nitrogens is 2. The van der Waals surface area contributed by atoms with Gasteiger partial charge in [0.2, 0.25) is 0 Å². The molecular weight excluding hydrogens is 348 g/mol. The molecule has 2 N–H and O–H groups in total. The maximum absolute atomic E-state index is 12.8. The topological polar surface area (TPSA) is 66.9 Å². The fraction of sp³-hybridized carbons (Fsp3) is 0.0870. The molecule has 0 saturated heterocycles. The number of rotatable bonds is 5. The van der Waals surface area contributed by atoms with Crippen LogP contribution in [0.1, 0.15) is 28.9 Å². The van der Waals surface area contributed by atoms with Gasteiger partial charge in [0.05, 0.1) is 22.5 Å². The summed E-state index contributed by atoms with van der Waals surface area (Å²) in [6, 6.07) is 21.6. The van der Waals surface area contributed by atoms with Gasteiger partial charge in [0.25, 0.3) is 5.91 Å². The minimum atomic E-state index is -0.221. The number of nitrogens with zero attached hydrogens (tertiary/aromatic N) is 2. The maximum Gasteiger partial charge on any atom is 0.257 e. The van der Waals surface area contributed by atoms with Gasteiger partial charge in [-0.1, -0.05) is 48.5 Å². The Kier molecular flexibility index (Phi) is 4.97. The number of fused-ring (bicyclic) bond motifs is 1. The summed E-state index contributed by atoms with van der Waals surface area (Å²) in [6.45, 7) is 2.07. The van der Waals surface area contributed by atoms with E-state index in [2.05, 4.69) is 39.7 Å². The standard InChI is InChI=1S/C23H20N4O/c1-16(17-7-3-2-4-8-17)26-20-13-19(14-24-15-20)23(28)27-21-11-5-9-18-10-6-12-25-22(18)21/h2-16,26H,1H3,(H,27,28). The number of carbonyl (C=O) groups is 1. The van der Waals surface area contributed by atoms with Crippen molar-refractivity contribution in [3.8, 4) is 0 Å². The van der Waals surface area contributed by atoms with Crippen LogP contribution in [0.15, 0.2) is 85.3 Å². The third-order valence-corrected chi connectivity index (χ3v) is 4.56. The smallest absolute Gasteiger partial charge is 0.257 e. The van der Waals surface area contributed by atoms with Crippen LogP contribution in [0.2, 0.25) is 0 Å². The third-order valence-electron chi connectivity index (χ3n) is 4.56. The Labute approximate surface area is 163 Å². The van der Waals surface area contributed by atoms with Crippen LogP contribution in [-0.4, -0.2) is 15.9 Å². The molecule has 2 heterocycles. The molecule has 138 valence electrons. The molecule has 4 rings (SSSR count). The van der Waals surface area contributed by atoms with E-state index in [1.807, 2.05) is 48.5 Å². The summed E-state index contributed by atoms with van der Waals surface area (Å²) >= 11 is 0. The number of carbonyl (C=O) groups excluding carboxylic acids is 1. The Morgan fingerprint density at radius 1 is 0.964 bits per heavy atom. The van der Waals surface area contributed by atoms with Gasteiger partial charge < -0.3 is 10.6 Å². The van der Waals surface area contributed by atoms with Crippen LogP contribution in [0.3, 0.4) is 0 Å². The Morgan fingerprint density at radius 3 is 2.64 bits per heavy atom. The largest absolute Gasteiger partial charge is 0.377 e. The van der Waals surface area contributed by atoms with Crippen molar-refractivity contribution in [2.24, 2.45) is 0 Å². The molecule has 4 aromatic rings. The summed E-state index contributed by atoms with van der Waals surface area (Å²) < 4.78 is 0. The minimum Gasteiger partial charge on any atom is -0.377 e. The molecule has 28 heavy (non-hydrogen) atoms. The van der Waals surface area contributed by atoms with Gasteiger partial charge in [0.15, 0.2) is 0 Å². The van der Waals surface area contributed by atoms with Crippen molar-refractivity contribution >= 4 is 28.2 Å². The fourth-order valence-corrected chi connectivity index (χ4v) is 3.12. The first-order valence-corrected chi connectivity index (χ1v) is 9.12. The van der Waals surface area contributed by atoms with Crippen molar-refractivity contribution in [1.29, 1.82) is 0 Å². The van der Waals surface area contributed by atoms with Gasteiger partial charge in [-0.3, -0.25) is 14.8 Å². The number of nitrogens with one attached hydrogen (secondary N) is 2. The Bertz CT molecular complexity index is 1110. The lowest BCUT2D eigenvalue weighted by Crippen LogP contribution is -2.14. The lowest BCUT2D eigenvalue weighted by atomic mass is 10.1. The molecule has 0 radical (unpaired) electrons. The molecule has 1 atom stereocenters. The van der Waals surface area contributed by atoms with Crippen molar-refractivity contribution in [2.75, 3.05) is 10.6 Å². The first-order valence-electron chi connectivity index (χ1n) is 9.12. The van der Waals surface area contributed by atoms with Gasteiger partial charge in [0.1, 0.15) is 0 Å². The predicted molar refractivity (Wildman–Crippen MR) is 112 cm³/mol. The molecule has 2 aromatic heterocycles. The van der Waals surface area contributed by atoms with Crippen LogP contribution < -0.4 is 10.6 Å². The van der Waals surface area contributed by atoms with E-state index in [9.17, 15) is 4.79 Å². The van der Waals surface area contributed by atoms with E-state index in [1.165, 1.54) is 5.56 Å². The first-order chi connectivity index (χ1) is 13.7. The van der Waals surface area contributed by atoms with Crippen molar-refractivity contribution in [3.63, 3.8) is 0 Å². The van der Waals surface area contributed by atoms with Gasteiger partial charge in [0, 0.05) is 30.0 Å². The van der Waals surface area contributed by atoms with E-state index in [-0.39, 0.29) is 11.9 Å². The van der Waals surface area contributed by atoms with Crippen LogP contribution in [0.25, 0.3) is 10.9 Å². The lowest BCUT2D eigenvalue weighted by molar-refractivity contribution is 0.102. The molecule has 1 unspecified atom stereocenters. The number of para-hydroxylation sites is 1. The quantitative estimate of drug-likeness (QED) is 0.517. The van der Waals surface area contributed by atoms with Gasteiger partial charge in [-0.25, -0.2) is 0 Å². The van der Waals surface area contributed by atoms with E-state index >= 15 is 0 Å². The molecule has 0 aliphatic heterocycles. The number of amides is 1. The normalized spacial score (nSPS) is 11.8. The summed E-state index contributed by atoms with van der Waals surface area (Å²) in [5, 5.41) is 7.31.